The zero-order valence-electron chi connectivity index (χ0n) is 16.2. The number of ether oxygens (including phenoxy) is 2. The van der Waals surface area contributed by atoms with Crippen molar-refractivity contribution in [1.82, 2.24) is 4.98 Å². The van der Waals surface area contributed by atoms with E-state index in [0.29, 0.717) is 0 Å². The summed E-state index contributed by atoms with van der Waals surface area (Å²) in [6.07, 6.45) is 0.722. The number of carboxylic acids is 1. The summed E-state index contributed by atoms with van der Waals surface area (Å²) in [7, 11) is -3.42. The van der Waals surface area contributed by atoms with Crippen LogP contribution in [0.3, 0.4) is 0 Å². The Balaban J connectivity index is 0.00000190. The fourth-order valence-corrected chi connectivity index (χ4v) is 2.77. The predicted octanol–water partition coefficient (Wildman–Crippen LogP) is 3.15. The van der Waals surface area contributed by atoms with Gasteiger partial charge in [0.2, 0.25) is 0 Å². The van der Waals surface area contributed by atoms with Crippen LogP contribution in [0.5, 0.6) is 17.2 Å². The summed E-state index contributed by atoms with van der Waals surface area (Å²) in [6, 6.07) is 6.83. The smallest absolute Gasteiger partial charge is 0.335 e. The molecule has 0 bridgehead atoms. The van der Waals surface area contributed by atoms with Gasteiger partial charge in [-0.1, -0.05) is 20.8 Å². The van der Waals surface area contributed by atoms with E-state index in [-0.39, 0.29) is 40.2 Å². The predicted molar refractivity (Wildman–Crippen MR) is 104 cm³/mol. The summed E-state index contributed by atoms with van der Waals surface area (Å²) in [4.78, 5) is 15.1. The number of nitrogens with zero attached hydrogens (tertiary/aromatic N) is 1. The molecule has 0 saturated heterocycles. The Kier molecular flexibility index (Phi) is 8.87. The van der Waals surface area contributed by atoms with E-state index in [1.54, 1.807) is 6.92 Å². The number of hydrogen-bond donors (Lipinski definition) is 2. The van der Waals surface area contributed by atoms with Crippen LogP contribution in [0, 0.1) is 0 Å². The van der Waals surface area contributed by atoms with Crippen molar-refractivity contribution >= 4 is 15.8 Å². The van der Waals surface area contributed by atoms with Crippen LogP contribution in [0.25, 0.3) is 0 Å². The van der Waals surface area contributed by atoms with Gasteiger partial charge in [0.25, 0.3) is 0 Å². The van der Waals surface area contributed by atoms with Gasteiger partial charge < -0.3 is 19.7 Å². The maximum atomic E-state index is 11.8. The number of carboxylic acid groups (broad SMARTS) is 1. The molecule has 0 radical (unpaired) electrons. The fourth-order valence-electron chi connectivity index (χ4n) is 1.99. The average Bonchev–Trinajstić information content (AvgIpc) is 2.69. The molecule has 0 amide bonds. The second-order valence-electron chi connectivity index (χ2n) is 5.45. The lowest BCUT2D eigenvalue weighted by molar-refractivity contribution is 0.0695. The van der Waals surface area contributed by atoms with Crippen LogP contribution < -0.4 is 9.47 Å². The topological polar surface area (TPSA) is 123 Å². The van der Waals surface area contributed by atoms with E-state index >= 15 is 0 Å². The normalized spacial score (nSPS) is 11.8. The summed E-state index contributed by atoms with van der Waals surface area (Å²) in [6.45, 7) is 6.92. The number of aliphatic hydroxyl groups is 1. The number of carbonyl (C=O) groups is 1. The largest absolute Gasteiger partial charge is 0.488 e. The zero-order chi connectivity index (χ0) is 21.3. The van der Waals surface area contributed by atoms with Crippen molar-refractivity contribution in [2.75, 3.05) is 12.4 Å². The summed E-state index contributed by atoms with van der Waals surface area (Å²) < 4.78 is 34.5. The van der Waals surface area contributed by atoms with Crippen LogP contribution in [0.1, 0.15) is 38.1 Å². The first-order chi connectivity index (χ1) is 13.2. The second-order valence-corrected chi connectivity index (χ2v) is 7.67. The lowest BCUT2D eigenvalue weighted by Crippen LogP contribution is -2.16. The lowest BCUT2D eigenvalue weighted by Gasteiger charge is -2.14. The first-order valence-electron chi connectivity index (χ1n) is 8.77. The Morgan fingerprint density at radius 2 is 1.79 bits per heavy atom. The first kappa shape index (κ1) is 23.4. The SMILES string of the molecule is CC.CCS(=O)(=O)c1ccc(Oc2cc(OC(C)CO)cc(C(=O)O)c2)cn1. The Bertz CT molecular complexity index is 880. The highest BCUT2D eigenvalue weighted by molar-refractivity contribution is 7.91. The van der Waals surface area contributed by atoms with Crippen molar-refractivity contribution in [3.63, 3.8) is 0 Å². The molecule has 1 aromatic carbocycles. The molecule has 9 heteroatoms. The van der Waals surface area contributed by atoms with Crippen molar-refractivity contribution in [3.8, 4) is 17.2 Å². The van der Waals surface area contributed by atoms with Gasteiger partial charge in [0, 0.05) is 6.07 Å². The van der Waals surface area contributed by atoms with E-state index in [4.69, 9.17) is 14.6 Å². The molecule has 0 aliphatic rings. The molecule has 0 spiro atoms. The first-order valence-corrected chi connectivity index (χ1v) is 10.4. The molecule has 154 valence electrons. The number of sulfone groups is 1. The Labute approximate surface area is 164 Å². The highest BCUT2D eigenvalue weighted by atomic mass is 32.2. The number of benzene rings is 1. The van der Waals surface area contributed by atoms with Gasteiger partial charge in [-0.05, 0) is 31.2 Å². The molecular weight excluding hydrogens is 386 g/mol. The Morgan fingerprint density at radius 3 is 2.29 bits per heavy atom. The molecule has 1 aromatic heterocycles. The van der Waals surface area contributed by atoms with Crippen molar-refractivity contribution in [1.29, 1.82) is 0 Å². The molecule has 2 aromatic rings. The monoisotopic (exact) mass is 411 g/mol. The third-order valence-electron chi connectivity index (χ3n) is 3.36. The van der Waals surface area contributed by atoms with E-state index in [1.165, 1.54) is 43.5 Å². The molecular formula is C19H25NO7S. The van der Waals surface area contributed by atoms with Crippen LogP contribution in [-0.4, -0.2) is 48.0 Å². The van der Waals surface area contributed by atoms with Crippen LogP contribution in [0.15, 0.2) is 41.6 Å². The van der Waals surface area contributed by atoms with Crippen molar-refractivity contribution in [2.45, 2.75) is 38.8 Å². The minimum atomic E-state index is -3.42. The van der Waals surface area contributed by atoms with Gasteiger partial charge in [-0.2, -0.15) is 0 Å². The molecule has 0 aliphatic heterocycles. The van der Waals surface area contributed by atoms with Gasteiger partial charge in [-0.25, -0.2) is 18.2 Å². The minimum absolute atomic E-state index is 0.0548. The van der Waals surface area contributed by atoms with Gasteiger partial charge in [0.1, 0.15) is 23.4 Å². The molecule has 28 heavy (non-hydrogen) atoms. The number of pyridine rings is 1. The zero-order valence-corrected chi connectivity index (χ0v) is 17.1. The molecule has 1 heterocycles. The van der Waals surface area contributed by atoms with Crippen LogP contribution >= 0.6 is 0 Å². The Hall–Kier alpha value is -2.65. The average molecular weight is 411 g/mol. The summed E-state index contributed by atoms with van der Waals surface area (Å²) in [5.41, 5.74) is -0.0548. The molecule has 1 atom stereocenters. The van der Waals surface area contributed by atoms with Gasteiger partial charge in [-0.3, -0.25) is 0 Å². The third kappa shape index (κ3) is 6.50. The van der Waals surface area contributed by atoms with Crippen molar-refractivity contribution < 1.29 is 32.9 Å². The Morgan fingerprint density at radius 1 is 1.14 bits per heavy atom. The quantitative estimate of drug-likeness (QED) is 0.679. The van der Waals surface area contributed by atoms with E-state index in [2.05, 4.69) is 4.98 Å². The van der Waals surface area contributed by atoms with E-state index in [1.807, 2.05) is 13.8 Å². The lowest BCUT2D eigenvalue weighted by atomic mass is 10.2. The molecule has 2 rings (SSSR count). The third-order valence-corrected chi connectivity index (χ3v) is 5.00. The number of rotatable bonds is 8. The number of aliphatic hydroxyl groups excluding tert-OH is 1. The molecule has 1 unspecified atom stereocenters. The number of aromatic carboxylic acids is 1. The molecule has 8 nitrogen and oxygen atoms in total. The van der Waals surface area contributed by atoms with Crippen LogP contribution in [-0.2, 0) is 9.84 Å². The summed E-state index contributed by atoms with van der Waals surface area (Å²) in [5, 5.41) is 18.2. The summed E-state index contributed by atoms with van der Waals surface area (Å²) >= 11 is 0. The van der Waals surface area contributed by atoms with Gasteiger partial charge in [-0.15, -0.1) is 0 Å². The van der Waals surface area contributed by atoms with E-state index in [0.717, 1.165) is 0 Å². The molecule has 2 N–H and O–H groups in total. The van der Waals surface area contributed by atoms with Gasteiger partial charge in [0.15, 0.2) is 14.9 Å². The fraction of sp³-hybridized carbons (Fsp3) is 0.368. The molecule has 0 fully saturated rings. The van der Waals surface area contributed by atoms with Gasteiger partial charge in [0.05, 0.1) is 24.1 Å². The highest BCUT2D eigenvalue weighted by Gasteiger charge is 2.14. The van der Waals surface area contributed by atoms with Crippen molar-refractivity contribution in [2.24, 2.45) is 0 Å². The van der Waals surface area contributed by atoms with Gasteiger partial charge >= 0.3 is 5.97 Å². The van der Waals surface area contributed by atoms with Crippen molar-refractivity contribution in [3.05, 3.63) is 42.1 Å². The molecule has 0 aliphatic carbocycles. The standard InChI is InChI=1S/C17H19NO7S.C2H6/c1-3-26(22,23)16-5-4-13(9-18-16)25-15-7-12(17(20)21)6-14(8-15)24-11(2)10-19;1-2/h4-9,11,19H,3,10H2,1-2H3,(H,20,21);1-2H3. The maximum absolute atomic E-state index is 11.8. The van der Waals surface area contributed by atoms with E-state index < -0.39 is 21.9 Å². The summed E-state index contributed by atoms with van der Waals surface area (Å²) in [5.74, 6) is -0.592. The van der Waals surface area contributed by atoms with Crippen LogP contribution in [0.2, 0.25) is 0 Å². The van der Waals surface area contributed by atoms with E-state index in [9.17, 15) is 18.3 Å². The minimum Gasteiger partial charge on any atom is -0.488 e. The number of hydrogen-bond acceptors (Lipinski definition) is 7. The number of aromatic nitrogens is 1. The van der Waals surface area contributed by atoms with Crippen LogP contribution in [0.4, 0.5) is 0 Å². The maximum Gasteiger partial charge on any atom is 0.335 e. The molecule has 0 saturated carbocycles. The second kappa shape index (κ2) is 10.6. The highest BCUT2D eigenvalue weighted by Crippen LogP contribution is 2.28.